The number of hydrogen-bond acceptors (Lipinski definition) is 3. The molecule has 0 bridgehead atoms. The van der Waals surface area contributed by atoms with Gasteiger partial charge in [-0.2, -0.15) is 0 Å². The van der Waals surface area contributed by atoms with E-state index >= 15 is 0 Å². The lowest BCUT2D eigenvalue weighted by molar-refractivity contribution is 0.184. The van der Waals surface area contributed by atoms with E-state index in [-0.39, 0.29) is 5.54 Å². The molecule has 1 fully saturated rings. The molecule has 0 radical (unpaired) electrons. The van der Waals surface area contributed by atoms with Crippen molar-refractivity contribution in [3.8, 4) is 0 Å². The number of anilines is 2. The Morgan fingerprint density at radius 2 is 2.33 bits per heavy atom. The van der Waals surface area contributed by atoms with Crippen LogP contribution in [-0.4, -0.2) is 25.3 Å². The summed E-state index contributed by atoms with van der Waals surface area (Å²) in [5.74, 6) is 0. The smallest absolute Gasteiger partial charge is 0.0801 e. The first-order valence-corrected chi connectivity index (χ1v) is 5.55. The quantitative estimate of drug-likeness (QED) is 0.710. The third kappa shape index (κ3) is 1.46. The van der Waals surface area contributed by atoms with Crippen LogP contribution < -0.4 is 10.6 Å². The van der Waals surface area contributed by atoms with Crippen LogP contribution in [0.15, 0.2) is 18.2 Å². The van der Waals surface area contributed by atoms with Crippen LogP contribution in [0.1, 0.15) is 6.42 Å². The summed E-state index contributed by atoms with van der Waals surface area (Å²) in [5, 5.41) is 7.70. The molecule has 2 aliphatic heterocycles. The van der Waals surface area contributed by atoms with E-state index in [4.69, 9.17) is 16.3 Å². The summed E-state index contributed by atoms with van der Waals surface area (Å²) in [5.41, 5.74) is 2.16. The summed E-state index contributed by atoms with van der Waals surface area (Å²) >= 11 is 6.10. The lowest BCUT2D eigenvalue weighted by atomic mass is 9.95. The zero-order valence-electron chi connectivity index (χ0n) is 8.35. The first-order valence-electron chi connectivity index (χ1n) is 5.17. The summed E-state index contributed by atoms with van der Waals surface area (Å²) in [4.78, 5) is 0. The Morgan fingerprint density at radius 3 is 3.13 bits per heavy atom. The summed E-state index contributed by atoms with van der Waals surface area (Å²) in [7, 11) is 0. The van der Waals surface area contributed by atoms with Gasteiger partial charge in [-0.25, -0.2) is 0 Å². The van der Waals surface area contributed by atoms with Crippen LogP contribution in [0.2, 0.25) is 5.02 Å². The van der Waals surface area contributed by atoms with E-state index in [1.54, 1.807) is 0 Å². The Morgan fingerprint density at radius 1 is 1.40 bits per heavy atom. The van der Waals surface area contributed by atoms with Gasteiger partial charge in [-0.05, 0) is 18.6 Å². The Bertz CT molecular complexity index is 388. The molecule has 1 saturated heterocycles. The molecule has 3 nitrogen and oxygen atoms in total. The molecule has 2 heterocycles. The minimum atomic E-state index is 0.0671. The molecule has 0 aromatic heterocycles. The Balaban J connectivity index is 1.96. The minimum absolute atomic E-state index is 0.0671. The largest absolute Gasteiger partial charge is 0.380 e. The molecule has 15 heavy (non-hydrogen) atoms. The highest BCUT2D eigenvalue weighted by Gasteiger charge is 2.38. The third-order valence-electron chi connectivity index (χ3n) is 3.12. The fraction of sp³-hybridized carbons (Fsp3) is 0.455. The van der Waals surface area contributed by atoms with E-state index in [0.29, 0.717) is 0 Å². The van der Waals surface area contributed by atoms with Crippen LogP contribution >= 0.6 is 11.6 Å². The normalized spacial score (nSPS) is 28.3. The number of ether oxygens (including phenoxy) is 1. The molecule has 1 spiro atoms. The van der Waals surface area contributed by atoms with Crippen LogP contribution in [0.25, 0.3) is 0 Å². The minimum Gasteiger partial charge on any atom is -0.380 e. The fourth-order valence-electron chi connectivity index (χ4n) is 2.24. The van der Waals surface area contributed by atoms with Crippen molar-refractivity contribution in [1.82, 2.24) is 0 Å². The van der Waals surface area contributed by atoms with E-state index in [0.717, 1.165) is 42.6 Å². The number of halogens is 1. The van der Waals surface area contributed by atoms with Gasteiger partial charge in [-0.1, -0.05) is 17.7 Å². The van der Waals surface area contributed by atoms with Gasteiger partial charge in [0.2, 0.25) is 0 Å². The van der Waals surface area contributed by atoms with Gasteiger partial charge in [0.05, 0.1) is 28.5 Å². The van der Waals surface area contributed by atoms with Gasteiger partial charge in [-0.15, -0.1) is 0 Å². The van der Waals surface area contributed by atoms with E-state index in [1.807, 2.05) is 18.2 Å². The second-order valence-corrected chi connectivity index (χ2v) is 4.63. The van der Waals surface area contributed by atoms with Crippen molar-refractivity contribution in [3.05, 3.63) is 23.2 Å². The van der Waals surface area contributed by atoms with Crippen molar-refractivity contribution in [2.24, 2.45) is 0 Å². The molecule has 1 unspecified atom stereocenters. The molecule has 3 rings (SSSR count). The molecule has 1 aromatic rings. The van der Waals surface area contributed by atoms with Gasteiger partial charge in [0, 0.05) is 13.2 Å². The topological polar surface area (TPSA) is 33.3 Å². The van der Waals surface area contributed by atoms with Crippen molar-refractivity contribution in [2.75, 3.05) is 30.4 Å². The summed E-state index contributed by atoms with van der Waals surface area (Å²) in [6.07, 6.45) is 1.05. The second kappa shape index (κ2) is 3.29. The molecule has 4 heteroatoms. The first kappa shape index (κ1) is 9.31. The maximum atomic E-state index is 6.10. The van der Waals surface area contributed by atoms with Crippen molar-refractivity contribution in [1.29, 1.82) is 0 Å². The van der Waals surface area contributed by atoms with Crippen LogP contribution in [0, 0.1) is 0 Å². The number of rotatable bonds is 0. The maximum absolute atomic E-state index is 6.10. The van der Waals surface area contributed by atoms with Crippen molar-refractivity contribution in [2.45, 2.75) is 12.0 Å². The number of nitrogens with one attached hydrogen (secondary N) is 2. The highest BCUT2D eigenvalue weighted by Crippen LogP contribution is 2.38. The van der Waals surface area contributed by atoms with Crippen LogP contribution in [0.5, 0.6) is 0 Å². The molecule has 2 aliphatic rings. The summed E-state index contributed by atoms with van der Waals surface area (Å²) in [6.45, 7) is 2.49. The lowest BCUT2D eigenvalue weighted by Gasteiger charge is -2.36. The molecule has 2 N–H and O–H groups in total. The first-order chi connectivity index (χ1) is 7.29. The summed E-state index contributed by atoms with van der Waals surface area (Å²) < 4.78 is 5.45. The zero-order valence-corrected chi connectivity index (χ0v) is 9.10. The Hall–Kier alpha value is -0.930. The van der Waals surface area contributed by atoms with E-state index < -0.39 is 0 Å². The molecular formula is C11H13ClN2O. The lowest BCUT2D eigenvalue weighted by Crippen LogP contribution is -2.48. The van der Waals surface area contributed by atoms with Gasteiger partial charge in [0.15, 0.2) is 0 Å². The third-order valence-corrected chi connectivity index (χ3v) is 3.44. The van der Waals surface area contributed by atoms with Gasteiger partial charge in [0.25, 0.3) is 0 Å². The molecule has 80 valence electrons. The number of para-hydroxylation sites is 1. The molecular weight excluding hydrogens is 212 g/mol. The van der Waals surface area contributed by atoms with E-state index in [2.05, 4.69) is 10.6 Å². The molecule has 0 amide bonds. The van der Waals surface area contributed by atoms with Gasteiger partial charge in [-0.3, -0.25) is 0 Å². The van der Waals surface area contributed by atoms with Crippen LogP contribution in [0.3, 0.4) is 0 Å². The van der Waals surface area contributed by atoms with Crippen LogP contribution in [0.4, 0.5) is 11.4 Å². The van der Waals surface area contributed by atoms with Crippen molar-refractivity contribution < 1.29 is 4.74 Å². The van der Waals surface area contributed by atoms with Gasteiger partial charge >= 0.3 is 0 Å². The zero-order chi connectivity index (χ0) is 10.3. The highest BCUT2D eigenvalue weighted by molar-refractivity contribution is 6.34. The number of fused-ring (bicyclic) bond motifs is 1. The van der Waals surface area contributed by atoms with E-state index in [1.165, 1.54) is 0 Å². The average Bonchev–Trinajstić information content (AvgIpc) is 2.66. The predicted octanol–water partition coefficient (Wildman–Crippen LogP) is 2.34. The number of benzene rings is 1. The Labute approximate surface area is 93.8 Å². The fourth-order valence-corrected chi connectivity index (χ4v) is 2.48. The molecule has 1 atom stereocenters. The molecule has 1 aromatic carbocycles. The maximum Gasteiger partial charge on any atom is 0.0801 e. The van der Waals surface area contributed by atoms with Crippen LogP contribution in [-0.2, 0) is 4.74 Å². The van der Waals surface area contributed by atoms with Crippen molar-refractivity contribution in [3.63, 3.8) is 0 Å². The Kier molecular flexibility index (Phi) is 2.04. The number of hydrogen-bond donors (Lipinski definition) is 2. The predicted molar refractivity (Wildman–Crippen MR) is 61.7 cm³/mol. The second-order valence-electron chi connectivity index (χ2n) is 4.22. The highest BCUT2D eigenvalue weighted by atomic mass is 35.5. The summed E-state index contributed by atoms with van der Waals surface area (Å²) in [6, 6.07) is 5.91. The average molecular weight is 225 g/mol. The van der Waals surface area contributed by atoms with Crippen molar-refractivity contribution >= 4 is 23.0 Å². The van der Waals surface area contributed by atoms with Gasteiger partial charge < -0.3 is 15.4 Å². The SMILES string of the molecule is Clc1cccc2c1NCC1(CCOC1)N2. The van der Waals surface area contributed by atoms with Gasteiger partial charge in [0.1, 0.15) is 0 Å². The van der Waals surface area contributed by atoms with E-state index in [9.17, 15) is 0 Å². The standard InChI is InChI=1S/C11H13ClN2O/c12-8-2-1-3-9-10(8)13-6-11(14-9)4-5-15-7-11/h1-3,13-14H,4-7H2. The molecule has 0 saturated carbocycles. The monoisotopic (exact) mass is 224 g/mol. The molecule has 0 aliphatic carbocycles.